The number of ether oxygens (including phenoxy) is 1. The van der Waals surface area contributed by atoms with Crippen LogP contribution in [-0.4, -0.2) is 34.4 Å². The zero-order valence-electron chi connectivity index (χ0n) is 12.9. The number of nitrogens with two attached hydrogens (primary N) is 1. The van der Waals surface area contributed by atoms with Crippen LogP contribution in [0.5, 0.6) is 0 Å². The summed E-state index contributed by atoms with van der Waals surface area (Å²) in [7, 11) is 1.54. The van der Waals surface area contributed by atoms with Crippen LogP contribution in [0.25, 0.3) is 0 Å². The lowest BCUT2D eigenvalue weighted by Crippen LogP contribution is -2.35. The zero-order chi connectivity index (χ0) is 15.8. The Balaban J connectivity index is 2.23. The molecule has 0 spiro atoms. The van der Waals surface area contributed by atoms with Gasteiger partial charge in [0, 0.05) is 13.6 Å². The average Bonchev–Trinajstić information content (AvgIpc) is 3.03. The molecule has 2 rings (SSSR count). The minimum absolute atomic E-state index is 0.246. The maximum atomic E-state index is 12.1. The lowest BCUT2D eigenvalue weighted by atomic mass is 10.2. The van der Waals surface area contributed by atoms with Crippen molar-refractivity contribution in [1.82, 2.24) is 9.78 Å². The first-order valence-corrected chi connectivity index (χ1v) is 7.01. The van der Waals surface area contributed by atoms with E-state index in [1.54, 1.807) is 32.5 Å². The Morgan fingerprint density at radius 3 is 2.57 bits per heavy atom. The molecule has 0 bridgehead atoms. The number of hydrogen-bond acceptors (Lipinski definition) is 4. The number of aromatic nitrogens is 2. The van der Waals surface area contributed by atoms with Crippen LogP contribution in [0.2, 0.25) is 0 Å². The van der Waals surface area contributed by atoms with E-state index in [4.69, 9.17) is 10.5 Å². The van der Waals surface area contributed by atoms with Gasteiger partial charge in [0.2, 0.25) is 0 Å². The van der Waals surface area contributed by atoms with Crippen LogP contribution in [0.4, 0.5) is 10.5 Å². The summed E-state index contributed by atoms with van der Waals surface area (Å²) in [6.45, 7) is 6.00. The predicted molar refractivity (Wildman–Crippen MR) is 78.1 cm³/mol. The second-order valence-corrected chi connectivity index (χ2v) is 6.41. The molecule has 1 aliphatic carbocycles. The van der Waals surface area contributed by atoms with Gasteiger partial charge in [0.15, 0.2) is 0 Å². The Morgan fingerprint density at radius 1 is 1.48 bits per heavy atom. The molecule has 0 radical (unpaired) electrons. The summed E-state index contributed by atoms with van der Waals surface area (Å²) in [5.41, 5.74) is 5.45. The van der Waals surface area contributed by atoms with Crippen molar-refractivity contribution in [3.05, 3.63) is 11.9 Å². The van der Waals surface area contributed by atoms with E-state index in [-0.39, 0.29) is 5.69 Å². The second kappa shape index (κ2) is 5.38. The quantitative estimate of drug-likeness (QED) is 0.916. The van der Waals surface area contributed by atoms with Gasteiger partial charge in [-0.2, -0.15) is 5.10 Å². The highest BCUT2D eigenvalue weighted by molar-refractivity contribution is 6.01. The van der Waals surface area contributed by atoms with E-state index in [1.807, 2.05) is 0 Å². The van der Waals surface area contributed by atoms with Gasteiger partial charge in [-0.1, -0.05) is 0 Å². The molecule has 2 N–H and O–H groups in total. The number of carbonyl (C=O) groups is 2. The molecule has 7 nitrogen and oxygen atoms in total. The molecule has 1 saturated carbocycles. The van der Waals surface area contributed by atoms with Gasteiger partial charge in [-0.05, 0) is 39.5 Å². The molecule has 0 aromatic carbocycles. The average molecular weight is 294 g/mol. The molecule has 1 aromatic heterocycles. The highest BCUT2D eigenvalue weighted by atomic mass is 16.6. The highest BCUT2D eigenvalue weighted by Gasteiger charge is 2.29. The standard InChI is InChI=1S/C14H22N4O3/c1-14(2,3)21-13(20)17(4)10-7-16-18(8-9-5-6-9)11(10)12(15)19/h7,9H,5-6,8H2,1-4H3,(H2,15,19). The molecule has 21 heavy (non-hydrogen) atoms. The summed E-state index contributed by atoms with van der Waals surface area (Å²) >= 11 is 0. The lowest BCUT2D eigenvalue weighted by molar-refractivity contribution is 0.0589. The summed E-state index contributed by atoms with van der Waals surface area (Å²) in [6.07, 6.45) is 3.20. The molecule has 1 aromatic rings. The van der Waals surface area contributed by atoms with Crippen molar-refractivity contribution in [1.29, 1.82) is 0 Å². The van der Waals surface area contributed by atoms with Gasteiger partial charge >= 0.3 is 6.09 Å². The number of rotatable bonds is 4. The summed E-state index contributed by atoms with van der Waals surface area (Å²) in [5.74, 6) is -0.0544. The van der Waals surface area contributed by atoms with Gasteiger partial charge < -0.3 is 10.5 Å². The molecule has 7 heteroatoms. The summed E-state index contributed by atoms with van der Waals surface area (Å²) < 4.78 is 6.87. The van der Waals surface area contributed by atoms with Crippen LogP contribution in [0.15, 0.2) is 6.20 Å². The third kappa shape index (κ3) is 3.74. The van der Waals surface area contributed by atoms with E-state index < -0.39 is 17.6 Å². The fourth-order valence-corrected chi connectivity index (χ4v) is 1.99. The van der Waals surface area contributed by atoms with E-state index in [9.17, 15) is 9.59 Å². The number of hydrogen-bond donors (Lipinski definition) is 1. The summed E-state index contributed by atoms with van der Waals surface area (Å²) in [5, 5.41) is 4.18. The fourth-order valence-electron chi connectivity index (χ4n) is 1.99. The van der Waals surface area contributed by atoms with E-state index in [0.29, 0.717) is 18.2 Å². The van der Waals surface area contributed by atoms with Gasteiger partial charge in [0.05, 0.1) is 11.9 Å². The largest absolute Gasteiger partial charge is 0.443 e. The SMILES string of the molecule is CN(C(=O)OC(C)(C)C)c1cnn(CC2CC2)c1C(N)=O. The van der Waals surface area contributed by atoms with Crippen molar-refractivity contribution in [2.75, 3.05) is 11.9 Å². The van der Waals surface area contributed by atoms with Crippen LogP contribution < -0.4 is 10.6 Å². The van der Waals surface area contributed by atoms with Crippen molar-refractivity contribution >= 4 is 17.7 Å². The second-order valence-electron chi connectivity index (χ2n) is 6.41. The predicted octanol–water partition coefficient (Wildman–Crippen LogP) is 1.76. The molecular formula is C14H22N4O3. The molecule has 1 aliphatic rings. The van der Waals surface area contributed by atoms with Crippen LogP contribution in [0, 0.1) is 5.92 Å². The van der Waals surface area contributed by atoms with Gasteiger partial charge in [-0.3, -0.25) is 14.4 Å². The maximum Gasteiger partial charge on any atom is 0.414 e. The van der Waals surface area contributed by atoms with Crippen molar-refractivity contribution in [2.45, 2.75) is 45.8 Å². The van der Waals surface area contributed by atoms with Crippen LogP contribution in [-0.2, 0) is 11.3 Å². The number of anilines is 1. The Kier molecular flexibility index (Phi) is 3.93. The summed E-state index contributed by atoms with van der Waals surface area (Å²) in [4.78, 5) is 25.1. The van der Waals surface area contributed by atoms with Crippen LogP contribution >= 0.6 is 0 Å². The molecule has 0 atom stereocenters. The third-order valence-corrected chi connectivity index (χ3v) is 3.21. The molecule has 1 heterocycles. The van der Waals surface area contributed by atoms with Gasteiger partial charge in [0.1, 0.15) is 11.3 Å². The number of amides is 2. The Bertz CT molecular complexity index is 555. The molecular weight excluding hydrogens is 272 g/mol. The first-order valence-electron chi connectivity index (χ1n) is 7.01. The molecule has 116 valence electrons. The zero-order valence-corrected chi connectivity index (χ0v) is 12.9. The summed E-state index contributed by atoms with van der Waals surface area (Å²) in [6, 6.07) is 0. The maximum absolute atomic E-state index is 12.1. The Hall–Kier alpha value is -2.05. The Morgan fingerprint density at radius 2 is 2.10 bits per heavy atom. The smallest absolute Gasteiger partial charge is 0.414 e. The van der Waals surface area contributed by atoms with Crippen LogP contribution in [0.1, 0.15) is 44.1 Å². The van der Waals surface area contributed by atoms with Crippen LogP contribution in [0.3, 0.4) is 0 Å². The number of nitrogens with zero attached hydrogens (tertiary/aromatic N) is 3. The monoisotopic (exact) mass is 294 g/mol. The van der Waals surface area contributed by atoms with Crippen molar-refractivity contribution in [2.24, 2.45) is 11.7 Å². The molecule has 2 amide bonds. The Labute approximate surface area is 124 Å². The van der Waals surface area contributed by atoms with E-state index in [0.717, 1.165) is 12.8 Å². The van der Waals surface area contributed by atoms with Gasteiger partial charge in [0.25, 0.3) is 5.91 Å². The molecule has 0 saturated heterocycles. The first-order chi connectivity index (χ1) is 9.69. The van der Waals surface area contributed by atoms with E-state index in [2.05, 4.69) is 5.10 Å². The van der Waals surface area contributed by atoms with E-state index in [1.165, 1.54) is 11.1 Å². The number of carbonyl (C=O) groups excluding carboxylic acids is 2. The van der Waals surface area contributed by atoms with Gasteiger partial charge in [-0.25, -0.2) is 4.79 Å². The normalized spacial score (nSPS) is 14.9. The molecule has 1 fully saturated rings. The minimum Gasteiger partial charge on any atom is -0.443 e. The number of primary amides is 1. The minimum atomic E-state index is -0.609. The molecule has 0 unspecified atom stereocenters. The molecule has 0 aliphatic heterocycles. The van der Waals surface area contributed by atoms with E-state index >= 15 is 0 Å². The van der Waals surface area contributed by atoms with Gasteiger partial charge in [-0.15, -0.1) is 0 Å². The van der Waals surface area contributed by atoms with Crippen molar-refractivity contribution < 1.29 is 14.3 Å². The highest BCUT2D eigenvalue weighted by Crippen LogP contribution is 2.32. The first kappa shape index (κ1) is 15.3. The lowest BCUT2D eigenvalue weighted by Gasteiger charge is -2.24. The topological polar surface area (TPSA) is 90.5 Å². The third-order valence-electron chi connectivity index (χ3n) is 3.21. The van der Waals surface area contributed by atoms with Crippen molar-refractivity contribution in [3.8, 4) is 0 Å². The van der Waals surface area contributed by atoms with Crippen molar-refractivity contribution in [3.63, 3.8) is 0 Å². The fraction of sp³-hybridized carbons (Fsp3) is 0.643.